The summed E-state index contributed by atoms with van der Waals surface area (Å²) < 4.78 is 51.7. The fraction of sp³-hybridized carbons (Fsp3) is 0.630. The van der Waals surface area contributed by atoms with Gasteiger partial charge in [-0.15, -0.1) is 0 Å². The molecule has 0 aliphatic carbocycles. The normalized spacial score (nSPS) is 21.2. The van der Waals surface area contributed by atoms with Crippen LogP contribution in [0.1, 0.15) is 43.2 Å². The molecule has 15 heteroatoms. The first kappa shape index (κ1) is 30.3. The lowest BCUT2D eigenvalue weighted by molar-refractivity contribution is -0.138. The molecule has 0 spiro atoms. The van der Waals surface area contributed by atoms with Gasteiger partial charge in [-0.05, 0) is 57.5 Å². The van der Waals surface area contributed by atoms with Gasteiger partial charge in [0.15, 0.2) is 11.6 Å². The summed E-state index contributed by atoms with van der Waals surface area (Å²) >= 11 is 0. The lowest BCUT2D eigenvalue weighted by Gasteiger charge is -2.45. The minimum Gasteiger partial charge on any atom is -0.487 e. The number of hydrogen-bond donors (Lipinski definition) is 2. The zero-order chi connectivity index (χ0) is 30.1. The van der Waals surface area contributed by atoms with Crippen LogP contribution in [0.25, 0.3) is 0 Å². The SMILES string of the molecule is CN1CCC(c2cnc3c(c2)OCC2CN(C(=O)CCOC[C@](C)([Si])Nc4cn[nH]c(=O)c4C(F)(F)F)CCN32)CC1. The van der Waals surface area contributed by atoms with Gasteiger partial charge in [0.2, 0.25) is 5.91 Å². The fourth-order valence-electron chi connectivity index (χ4n) is 5.73. The number of piperidine rings is 1. The monoisotopic (exact) mass is 606 g/mol. The molecular formula is C27H35F3N7O4Si. The highest BCUT2D eigenvalue weighted by Gasteiger charge is 2.39. The van der Waals surface area contributed by atoms with Crippen molar-refractivity contribution in [3.8, 4) is 5.75 Å². The van der Waals surface area contributed by atoms with Crippen LogP contribution in [0, 0.1) is 0 Å². The minimum atomic E-state index is -4.87. The quantitative estimate of drug-likeness (QED) is 0.343. The summed E-state index contributed by atoms with van der Waals surface area (Å²) in [6.45, 7) is 5.86. The van der Waals surface area contributed by atoms with Crippen molar-refractivity contribution in [2.45, 2.75) is 49.5 Å². The molecule has 0 aromatic carbocycles. The average Bonchev–Trinajstić information content (AvgIpc) is 2.94. The smallest absolute Gasteiger partial charge is 0.423 e. The van der Waals surface area contributed by atoms with E-state index < -0.39 is 28.1 Å². The molecule has 11 nitrogen and oxygen atoms in total. The Morgan fingerprint density at radius 1 is 1.24 bits per heavy atom. The first-order valence-corrected chi connectivity index (χ1v) is 14.5. The number of fused-ring (bicyclic) bond motifs is 3. The number of nitrogens with one attached hydrogen (secondary N) is 2. The number of aromatic nitrogens is 3. The van der Waals surface area contributed by atoms with Crippen LogP contribution in [0.4, 0.5) is 24.7 Å². The number of anilines is 2. The molecule has 2 aromatic rings. The number of piperazine rings is 1. The Kier molecular flexibility index (Phi) is 8.80. The summed E-state index contributed by atoms with van der Waals surface area (Å²) in [5.74, 6) is 2.05. The summed E-state index contributed by atoms with van der Waals surface area (Å²) in [4.78, 5) is 35.8. The molecule has 2 saturated heterocycles. The maximum Gasteiger partial charge on any atom is 0.423 e. The van der Waals surface area contributed by atoms with Crippen molar-refractivity contribution in [3.05, 3.63) is 39.9 Å². The van der Waals surface area contributed by atoms with Gasteiger partial charge in [0.05, 0.1) is 47.8 Å². The summed E-state index contributed by atoms with van der Waals surface area (Å²) in [7, 11) is 5.51. The van der Waals surface area contributed by atoms with Crippen LogP contribution < -0.4 is 20.5 Å². The van der Waals surface area contributed by atoms with Crippen LogP contribution in [0.5, 0.6) is 5.75 Å². The van der Waals surface area contributed by atoms with Gasteiger partial charge in [-0.2, -0.15) is 18.3 Å². The molecule has 2 fully saturated rings. The standard InChI is InChI=1S/C27H35F3N7O4Si/c1-26(42,33-20-13-32-34-25(39)23(20)27(28,29)30)16-40-10-5-22(38)36-8-9-37-19(14-36)15-41-21-11-18(12-31-24(21)37)17-3-6-35(2)7-4-17/h11-13,17,19H,3-10,14-16H2,1-2H3,(H2,33,34,39)/t19?,26-/m0/s1. The Balaban J connectivity index is 1.09. The molecule has 5 heterocycles. The summed E-state index contributed by atoms with van der Waals surface area (Å²) in [6, 6.07) is 2.13. The van der Waals surface area contributed by atoms with Crippen molar-refractivity contribution in [1.29, 1.82) is 0 Å². The van der Waals surface area contributed by atoms with E-state index in [2.05, 4.69) is 43.6 Å². The number of carbonyl (C=O) groups is 1. The van der Waals surface area contributed by atoms with Crippen molar-refractivity contribution >= 4 is 27.7 Å². The number of pyridine rings is 1. The van der Waals surface area contributed by atoms with Crippen LogP contribution in [0.3, 0.4) is 0 Å². The molecule has 2 atom stereocenters. The molecule has 42 heavy (non-hydrogen) atoms. The van der Waals surface area contributed by atoms with Crippen LogP contribution in [0.2, 0.25) is 0 Å². The number of ether oxygens (including phenoxy) is 2. The van der Waals surface area contributed by atoms with Gasteiger partial charge >= 0.3 is 6.18 Å². The molecule has 2 aromatic heterocycles. The molecule has 1 amide bonds. The Morgan fingerprint density at radius 3 is 2.74 bits per heavy atom. The van der Waals surface area contributed by atoms with Crippen molar-refractivity contribution in [2.24, 2.45) is 0 Å². The van der Waals surface area contributed by atoms with E-state index in [9.17, 15) is 22.8 Å². The van der Waals surface area contributed by atoms with E-state index in [1.165, 1.54) is 5.56 Å². The lowest BCUT2D eigenvalue weighted by atomic mass is 9.90. The summed E-state index contributed by atoms with van der Waals surface area (Å²) in [5.41, 5.74) is -1.98. The largest absolute Gasteiger partial charge is 0.487 e. The third-order valence-corrected chi connectivity index (χ3v) is 8.25. The van der Waals surface area contributed by atoms with Gasteiger partial charge in [-0.25, -0.2) is 10.1 Å². The number of rotatable bonds is 8. The predicted octanol–water partition coefficient (Wildman–Crippen LogP) is 1.81. The van der Waals surface area contributed by atoms with Gasteiger partial charge in [0, 0.05) is 31.0 Å². The minimum absolute atomic E-state index is 0.00186. The second kappa shape index (κ2) is 12.2. The number of aromatic amines is 1. The number of likely N-dealkylation sites (tertiary alicyclic amines) is 1. The van der Waals surface area contributed by atoms with Crippen molar-refractivity contribution in [3.63, 3.8) is 0 Å². The summed E-state index contributed by atoms with van der Waals surface area (Å²) in [6.07, 6.45) is 0.335. The third-order valence-electron chi connectivity index (χ3n) is 7.98. The molecule has 2 N–H and O–H groups in total. The number of hydrogen-bond acceptors (Lipinski definition) is 9. The first-order valence-electron chi connectivity index (χ1n) is 14.0. The lowest BCUT2D eigenvalue weighted by Crippen LogP contribution is -2.58. The van der Waals surface area contributed by atoms with Gasteiger partial charge in [0.1, 0.15) is 12.2 Å². The predicted molar refractivity (Wildman–Crippen MR) is 150 cm³/mol. The Bertz CT molecular complexity index is 1330. The topological polar surface area (TPSA) is 116 Å². The molecule has 3 aliphatic rings. The second-order valence-electron chi connectivity index (χ2n) is 11.4. The van der Waals surface area contributed by atoms with E-state index in [1.54, 1.807) is 16.9 Å². The van der Waals surface area contributed by atoms with Gasteiger partial charge < -0.3 is 29.5 Å². The molecule has 5 rings (SSSR count). The van der Waals surface area contributed by atoms with Crippen molar-refractivity contribution in [1.82, 2.24) is 25.0 Å². The maximum atomic E-state index is 13.3. The zero-order valence-corrected chi connectivity index (χ0v) is 24.7. The number of H-pyrrole nitrogens is 1. The molecule has 3 radical (unpaired) electrons. The molecule has 0 saturated carbocycles. The van der Waals surface area contributed by atoms with E-state index in [1.807, 2.05) is 6.20 Å². The highest BCUT2D eigenvalue weighted by Crippen LogP contribution is 2.37. The maximum absolute atomic E-state index is 13.3. The molecule has 1 unspecified atom stereocenters. The van der Waals surface area contributed by atoms with Crippen LogP contribution in [-0.4, -0.2) is 112 Å². The number of amides is 1. The number of carbonyl (C=O) groups excluding carboxylic acids is 1. The van der Waals surface area contributed by atoms with E-state index >= 15 is 0 Å². The van der Waals surface area contributed by atoms with E-state index in [-0.39, 0.29) is 31.6 Å². The van der Waals surface area contributed by atoms with Crippen LogP contribution >= 0.6 is 0 Å². The third kappa shape index (κ3) is 6.89. The fourth-order valence-corrected chi connectivity index (χ4v) is 5.97. The Hall–Kier alpha value is -3.17. The average molecular weight is 607 g/mol. The number of nitrogens with zero attached hydrogens (tertiary/aromatic N) is 5. The first-order chi connectivity index (χ1) is 19.9. The molecule has 0 bridgehead atoms. The number of alkyl halides is 3. The van der Waals surface area contributed by atoms with Gasteiger partial charge in [0.25, 0.3) is 5.56 Å². The molecular weight excluding hydrogens is 571 g/mol. The summed E-state index contributed by atoms with van der Waals surface area (Å²) in [5, 5.41) is 6.70. The van der Waals surface area contributed by atoms with E-state index in [0.717, 1.165) is 43.7 Å². The second-order valence-corrected chi connectivity index (χ2v) is 12.5. The van der Waals surface area contributed by atoms with Crippen molar-refractivity contribution < 1.29 is 27.4 Å². The van der Waals surface area contributed by atoms with Gasteiger partial charge in [-0.3, -0.25) is 9.59 Å². The molecule has 227 valence electrons. The van der Waals surface area contributed by atoms with Gasteiger partial charge in [-0.1, -0.05) is 0 Å². The van der Waals surface area contributed by atoms with Crippen LogP contribution in [0.15, 0.2) is 23.3 Å². The highest BCUT2D eigenvalue weighted by atomic mass is 28.1. The Morgan fingerprint density at radius 2 is 2.00 bits per heavy atom. The number of halogens is 3. The highest BCUT2D eigenvalue weighted by molar-refractivity contribution is 6.16. The van der Waals surface area contributed by atoms with E-state index in [4.69, 9.17) is 14.5 Å². The Labute approximate surface area is 245 Å². The van der Waals surface area contributed by atoms with Crippen molar-refractivity contribution in [2.75, 3.05) is 69.8 Å². The van der Waals surface area contributed by atoms with E-state index in [0.29, 0.717) is 32.2 Å². The van der Waals surface area contributed by atoms with Crippen LogP contribution in [-0.2, 0) is 15.7 Å². The zero-order valence-electron chi connectivity index (χ0n) is 23.7. The molecule has 3 aliphatic heterocycles.